The van der Waals surface area contributed by atoms with Gasteiger partial charge in [0, 0.05) is 46.7 Å². The number of sulfone groups is 1. The van der Waals surface area contributed by atoms with Gasteiger partial charge in [-0.05, 0) is 32.1 Å². The summed E-state index contributed by atoms with van der Waals surface area (Å²) in [6, 6.07) is 0. The molecule has 0 saturated carbocycles. The van der Waals surface area contributed by atoms with Crippen LogP contribution in [0.2, 0.25) is 0 Å². The highest BCUT2D eigenvalue weighted by Crippen LogP contribution is 2.28. The van der Waals surface area contributed by atoms with E-state index in [-0.39, 0.29) is 24.0 Å². The van der Waals surface area contributed by atoms with Crippen molar-refractivity contribution < 1.29 is 13.2 Å². The lowest BCUT2D eigenvalue weighted by molar-refractivity contribution is 0.0755. The molecule has 1 saturated heterocycles. The Bertz CT molecular complexity index is 517. The largest absolute Gasteiger partial charge is 0.381 e. The quantitative estimate of drug-likeness (QED) is 0.178. The van der Waals surface area contributed by atoms with E-state index in [0.717, 1.165) is 38.2 Å². The van der Waals surface area contributed by atoms with Crippen molar-refractivity contribution in [1.82, 2.24) is 10.2 Å². The number of rotatable bonds is 9. The Kier molecular flexibility index (Phi) is 11.9. The number of guanidine groups is 1. The van der Waals surface area contributed by atoms with Gasteiger partial charge in [-0.3, -0.25) is 4.99 Å². The Hall–Kier alpha value is -0.350. The Morgan fingerprint density at radius 3 is 2.48 bits per heavy atom. The maximum atomic E-state index is 12.3. The maximum absolute atomic E-state index is 12.3. The average molecular weight is 487 g/mol. The van der Waals surface area contributed by atoms with Crippen molar-refractivity contribution >= 4 is 39.8 Å². The van der Waals surface area contributed by atoms with E-state index >= 15 is 0 Å². The second-order valence-corrected chi connectivity index (χ2v) is 8.94. The standard InChI is InChI=1S/C17H33N3O3S.HI/c1-5-6-7-8-9-12-20(3)16(18-2)19-15-17(24(4,21)22)10-13-23-14-11-17;/h5H,1,6-15H2,2-4H3,(H,18,19);1H. The highest BCUT2D eigenvalue weighted by molar-refractivity contribution is 14.0. The number of ether oxygens (including phenoxy) is 1. The van der Waals surface area contributed by atoms with Crippen LogP contribution in [0, 0.1) is 0 Å². The zero-order chi connectivity index (χ0) is 18.1. The fourth-order valence-electron chi connectivity index (χ4n) is 2.97. The molecule has 6 nitrogen and oxygen atoms in total. The Balaban J connectivity index is 0.00000576. The molecule has 1 aliphatic rings. The summed E-state index contributed by atoms with van der Waals surface area (Å²) in [6.07, 6.45) is 8.77. The fourth-order valence-corrected chi connectivity index (χ4v) is 4.21. The molecule has 0 aromatic carbocycles. The van der Waals surface area contributed by atoms with Crippen molar-refractivity contribution in [3.63, 3.8) is 0 Å². The number of nitrogens with one attached hydrogen (secondary N) is 1. The van der Waals surface area contributed by atoms with Gasteiger partial charge < -0.3 is 15.0 Å². The Labute approximate surface area is 170 Å². The van der Waals surface area contributed by atoms with E-state index < -0.39 is 14.6 Å². The van der Waals surface area contributed by atoms with Crippen molar-refractivity contribution in [3.8, 4) is 0 Å². The molecule has 25 heavy (non-hydrogen) atoms. The van der Waals surface area contributed by atoms with Crippen molar-refractivity contribution in [2.45, 2.75) is 43.3 Å². The molecule has 0 atom stereocenters. The lowest BCUT2D eigenvalue weighted by Gasteiger charge is -2.36. The summed E-state index contributed by atoms with van der Waals surface area (Å²) in [5.74, 6) is 0.744. The van der Waals surface area contributed by atoms with Crippen molar-refractivity contribution in [2.75, 3.05) is 46.7 Å². The lowest BCUT2D eigenvalue weighted by atomic mass is 9.99. The van der Waals surface area contributed by atoms with E-state index in [1.807, 2.05) is 13.1 Å². The summed E-state index contributed by atoms with van der Waals surface area (Å²) in [5, 5.41) is 3.26. The van der Waals surface area contributed by atoms with Crippen LogP contribution in [-0.4, -0.2) is 70.7 Å². The number of halogens is 1. The number of aliphatic imine (C=N–C) groups is 1. The molecule has 0 amide bonds. The minimum absolute atomic E-state index is 0. The number of allylic oxidation sites excluding steroid dienone is 1. The minimum Gasteiger partial charge on any atom is -0.381 e. The van der Waals surface area contributed by atoms with Crippen molar-refractivity contribution in [1.29, 1.82) is 0 Å². The van der Waals surface area contributed by atoms with Crippen LogP contribution in [0.3, 0.4) is 0 Å². The van der Waals surface area contributed by atoms with Gasteiger partial charge in [-0.25, -0.2) is 8.42 Å². The number of nitrogens with zero attached hydrogens (tertiary/aromatic N) is 2. The molecule has 1 aliphatic heterocycles. The minimum atomic E-state index is -3.17. The molecule has 1 N–H and O–H groups in total. The maximum Gasteiger partial charge on any atom is 0.193 e. The van der Waals surface area contributed by atoms with Crippen LogP contribution >= 0.6 is 24.0 Å². The van der Waals surface area contributed by atoms with E-state index in [2.05, 4.69) is 21.8 Å². The first-order valence-corrected chi connectivity index (χ1v) is 10.6. The molecule has 8 heteroatoms. The van der Waals surface area contributed by atoms with Crippen LogP contribution in [0.1, 0.15) is 38.5 Å². The monoisotopic (exact) mass is 487 g/mol. The van der Waals surface area contributed by atoms with Gasteiger partial charge in [0.1, 0.15) is 0 Å². The van der Waals surface area contributed by atoms with Gasteiger partial charge in [-0.15, -0.1) is 30.6 Å². The molecule has 0 aromatic heterocycles. The Morgan fingerprint density at radius 1 is 1.32 bits per heavy atom. The van der Waals surface area contributed by atoms with Crippen molar-refractivity contribution in [3.05, 3.63) is 12.7 Å². The molecule has 1 fully saturated rings. The zero-order valence-corrected chi connectivity index (χ0v) is 18.9. The molecule has 1 heterocycles. The van der Waals surface area contributed by atoms with Gasteiger partial charge >= 0.3 is 0 Å². The average Bonchev–Trinajstić information content (AvgIpc) is 2.55. The summed E-state index contributed by atoms with van der Waals surface area (Å²) in [6.45, 7) is 5.99. The first-order chi connectivity index (χ1) is 11.4. The Morgan fingerprint density at radius 2 is 1.96 bits per heavy atom. The van der Waals surface area contributed by atoms with E-state index in [4.69, 9.17) is 4.74 Å². The molecule has 0 bridgehead atoms. The first kappa shape index (κ1) is 24.7. The molecule has 0 aromatic rings. The van der Waals surface area contributed by atoms with Gasteiger partial charge in [0.05, 0.1) is 4.75 Å². The second-order valence-electron chi connectivity index (χ2n) is 6.53. The highest BCUT2D eigenvalue weighted by Gasteiger charge is 2.42. The van der Waals surface area contributed by atoms with Crippen LogP contribution in [0.25, 0.3) is 0 Å². The molecule has 0 aliphatic carbocycles. The van der Waals surface area contributed by atoms with E-state index in [1.54, 1.807) is 7.05 Å². The summed E-state index contributed by atoms with van der Waals surface area (Å²) in [4.78, 5) is 6.35. The molecular formula is C17H34IN3O3S. The molecule has 0 radical (unpaired) electrons. The predicted molar refractivity (Wildman–Crippen MR) is 116 cm³/mol. The third kappa shape index (κ3) is 7.82. The normalized spacial score (nSPS) is 17.5. The smallest absolute Gasteiger partial charge is 0.193 e. The van der Waals surface area contributed by atoms with Crippen LogP contribution in [0.15, 0.2) is 17.6 Å². The molecule has 1 rings (SSSR count). The van der Waals surface area contributed by atoms with Gasteiger partial charge in [0.2, 0.25) is 0 Å². The third-order valence-electron chi connectivity index (χ3n) is 4.73. The van der Waals surface area contributed by atoms with Gasteiger partial charge in [0.25, 0.3) is 0 Å². The van der Waals surface area contributed by atoms with Crippen LogP contribution < -0.4 is 5.32 Å². The first-order valence-electron chi connectivity index (χ1n) is 8.66. The number of hydrogen-bond donors (Lipinski definition) is 1. The number of unbranched alkanes of at least 4 members (excludes halogenated alkanes) is 3. The summed E-state index contributed by atoms with van der Waals surface area (Å²) in [7, 11) is 0.546. The molecule has 148 valence electrons. The van der Waals surface area contributed by atoms with E-state index in [9.17, 15) is 8.42 Å². The summed E-state index contributed by atoms with van der Waals surface area (Å²) >= 11 is 0. The summed E-state index contributed by atoms with van der Waals surface area (Å²) < 4.78 is 29.2. The van der Waals surface area contributed by atoms with Gasteiger partial charge in [0.15, 0.2) is 15.8 Å². The lowest BCUT2D eigenvalue weighted by Crippen LogP contribution is -2.54. The van der Waals surface area contributed by atoms with Crippen LogP contribution in [0.4, 0.5) is 0 Å². The van der Waals surface area contributed by atoms with Crippen LogP contribution in [0.5, 0.6) is 0 Å². The topological polar surface area (TPSA) is 71.0 Å². The second kappa shape index (κ2) is 12.1. The van der Waals surface area contributed by atoms with E-state index in [0.29, 0.717) is 32.6 Å². The van der Waals surface area contributed by atoms with Gasteiger partial charge in [-0.2, -0.15) is 0 Å². The molecule has 0 unspecified atom stereocenters. The number of hydrogen-bond acceptors (Lipinski definition) is 4. The summed E-state index contributed by atoms with van der Waals surface area (Å²) in [5.41, 5.74) is 0. The van der Waals surface area contributed by atoms with E-state index in [1.165, 1.54) is 6.26 Å². The third-order valence-corrected chi connectivity index (χ3v) is 6.86. The van der Waals surface area contributed by atoms with Gasteiger partial charge in [-0.1, -0.05) is 12.5 Å². The zero-order valence-electron chi connectivity index (χ0n) is 15.8. The van der Waals surface area contributed by atoms with Crippen molar-refractivity contribution in [2.24, 2.45) is 4.99 Å². The SMILES string of the molecule is C=CCCCCCN(C)C(=NC)NCC1(S(C)(=O)=O)CCOCC1.I. The predicted octanol–water partition coefficient (Wildman–Crippen LogP) is 2.45. The fraction of sp³-hybridized carbons (Fsp3) is 0.824. The highest BCUT2D eigenvalue weighted by atomic mass is 127. The molecule has 0 spiro atoms. The van der Waals surface area contributed by atoms with Crippen LogP contribution in [-0.2, 0) is 14.6 Å². The molecular weight excluding hydrogens is 453 g/mol.